The largest absolute Gasteiger partial charge is 0.324 e. The van der Waals surface area contributed by atoms with Crippen LogP contribution in [-0.4, -0.2) is 41.3 Å². The van der Waals surface area contributed by atoms with E-state index in [0.717, 1.165) is 33.9 Å². The fourth-order valence-electron chi connectivity index (χ4n) is 3.96. The van der Waals surface area contributed by atoms with Gasteiger partial charge in [-0.05, 0) is 71.0 Å². The second-order valence-corrected chi connectivity index (χ2v) is 8.37. The summed E-state index contributed by atoms with van der Waals surface area (Å²) in [6.07, 6.45) is 0. The fraction of sp³-hybridized carbons (Fsp3) is 0.308. The van der Waals surface area contributed by atoms with Crippen molar-refractivity contribution in [2.75, 3.05) is 25.5 Å². The van der Waals surface area contributed by atoms with Crippen molar-refractivity contribution in [2.24, 2.45) is 0 Å². The number of para-hydroxylation sites is 1. The Morgan fingerprint density at radius 3 is 2.13 bits per heavy atom. The van der Waals surface area contributed by atoms with E-state index in [1.807, 2.05) is 52.0 Å². The number of nitrogens with one attached hydrogen (secondary N) is 1. The van der Waals surface area contributed by atoms with Crippen LogP contribution in [0, 0.1) is 34.6 Å². The summed E-state index contributed by atoms with van der Waals surface area (Å²) in [6, 6.07) is 16.1. The Morgan fingerprint density at radius 2 is 1.52 bits per heavy atom. The molecule has 0 aliphatic rings. The van der Waals surface area contributed by atoms with Crippen LogP contribution in [0.3, 0.4) is 0 Å². The second kappa shape index (κ2) is 9.31. The van der Waals surface area contributed by atoms with E-state index in [2.05, 4.69) is 41.1 Å². The van der Waals surface area contributed by atoms with E-state index in [-0.39, 0.29) is 24.8 Å². The third-order valence-electron chi connectivity index (χ3n) is 5.60. The van der Waals surface area contributed by atoms with Crippen LogP contribution in [0.2, 0.25) is 0 Å². The van der Waals surface area contributed by atoms with Gasteiger partial charge in [-0.25, -0.2) is 0 Å². The maximum absolute atomic E-state index is 13.0. The molecule has 0 atom stereocenters. The monoisotopic (exact) mass is 417 g/mol. The van der Waals surface area contributed by atoms with E-state index < -0.39 is 0 Å². The molecule has 3 aromatic rings. The third kappa shape index (κ3) is 5.12. The number of amides is 1. The molecule has 1 aromatic heterocycles. The molecular formula is C26H31N3O2. The molecular weight excluding hydrogens is 386 g/mol. The second-order valence-electron chi connectivity index (χ2n) is 8.37. The Labute approximate surface area is 184 Å². The van der Waals surface area contributed by atoms with Crippen LogP contribution in [-0.2, 0) is 4.79 Å². The third-order valence-corrected chi connectivity index (χ3v) is 5.60. The summed E-state index contributed by atoms with van der Waals surface area (Å²) in [5.41, 5.74) is 7.75. The zero-order valence-electron chi connectivity index (χ0n) is 19.2. The average Bonchev–Trinajstić information content (AvgIpc) is 3.00. The van der Waals surface area contributed by atoms with Crippen molar-refractivity contribution in [2.45, 2.75) is 34.6 Å². The lowest BCUT2D eigenvalue weighted by Crippen LogP contribution is -2.34. The number of Topliss-reactive ketones (excluding diaryl/α,β-unsaturated/α-hetero) is 1. The highest BCUT2D eigenvalue weighted by molar-refractivity contribution is 6.00. The van der Waals surface area contributed by atoms with Crippen LogP contribution in [0.1, 0.15) is 38.4 Å². The minimum atomic E-state index is -0.127. The topological polar surface area (TPSA) is 54.3 Å². The van der Waals surface area contributed by atoms with Crippen LogP contribution in [0.25, 0.3) is 5.69 Å². The summed E-state index contributed by atoms with van der Waals surface area (Å²) >= 11 is 0. The first kappa shape index (κ1) is 22.5. The molecule has 0 spiro atoms. The molecule has 2 aromatic carbocycles. The molecule has 1 heterocycles. The number of hydrogen-bond donors (Lipinski definition) is 1. The number of ketones is 1. The molecule has 0 fully saturated rings. The van der Waals surface area contributed by atoms with Crippen molar-refractivity contribution < 1.29 is 9.59 Å². The molecule has 1 amide bonds. The molecule has 0 unspecified atom stereocenters. The predicted octanol–water partition coefficient (Wildman–Crippen LogP) is 4.77. The van der Waals surface area contributed by atoms with Gasteiger partial charge in [0.25, 0.3) is 0 Å². The molecule has 0 bridgehead atoms. The number of benzene rings is 2. The number of likely N-dealkylation sites (N-methyl/N-ethyl adjacent to an activating group) is 1. The summed E-state index contributed by atoms with van der Waals surface area (Å²) in [5.74, 6) is -0.119. The Bertz CT molecular complexity index is 1090. The highest BCUT2D eigenvalue weighted by atomic mass is 16.2. The average molecular weight is 418 g/mol. The normalized spacial score (nSPS) is 11.1. The smallest absolute Gasteiger partial charge is 0.238 e. The lowest BCUT2D eigenvalue weighted by atomic mass is 10.1. The number of aromatic nitrogens is 1. The summed E-state index contributed by atoms with van der Waals surface area (Å²) in [6.45, 7) is 10.3. The van der Waals surface area contributed by atoms with Crippen LogP contribution in [0.15, 0.2) is 48.5 Å². The van der Waals surface area contributed by atoms with Gasteiger partial charge in [-0.2, -0.15) is 0 Å². The van der Waals surface area contributed by atoms with Gasteiger partial charge in [0.05, 0.1) is 13.1 Å². The van der Waals surface area contributed by atoms with E-state index >= 15 is 0 Å². The quantitative estimate of drug-likeness (QED) is 0.563. The van der Waals surface area contributed by atoms with Gasteiger partial charge >= 0.3 is 0 Å². The summed E-state index contributed by atoms with van der Waals surface area (Å²) < 4.78 is 2.10. The Balaban J connectivity index is 1.68. The molecule has 5 nitrogen and oxygen atoms in total. The first-order chi connectivity index (χ1) is 14.7. The molecule has 31 heavy (non-hydrogen) atoms. The number of hydrogen-bond acceptors (Lipinski definition) is 3. The fourth-order valence-corrected chi connectivity index (χ4v) is 3.96. The number of carbonyl (C=O) groups is 2. The Morgan fingerprint density at radius 1 is 0.903 bits per heavy atom. The number of anilines is 1. The number of rotatable bonds is 7. The number of carbonyl (C=O) groups excluding carboxylic acids is 2. The molecule has 0 saturated heterocycles. The van der Waals surface area contributed by atoms with Crippen molar-refractivity contribution in [1.29, 1.82) is 0 Å². The van der Waals surface area contributed by atoms with Gasteiger partial charge in [0.1, 0.15) is 0 Å². The summed E-state index contributed by atoms with van der Waals surface area (Å²) in [5, 5.41) is 2.98. The molecule has 0 radical (unpaired) electrons. The van der Waals surface area contributed by atoms with E-state index in [1.165, 1.54) is 5.56 Å². The van der Waals surface area contributed by atoms with Crippen molar-refractivity contribution in [3.63, 3.8) is 0 Å². The van der Waals surface area contributed by atoms with Gasteiger partial charge in [0.15, 0.2) is 5.78 Å². The summed E-state index contributed by atoms with van der Waals surface area (Å²) in [4.78, 5) is 27.3. The molecule has 1 N–H and O–H groups in total. The maximum Gasteiger partial charge on any atom is 0.238 e. The van der Waals surface area contributed by atoms with Crippen LogP contribution >= 0.6 is 0 Å². The molecule has 162 valence electrons. The van der Waals surface area contributed by atoms with Gasteiger partial charge in [-0.15, -0.1) is 0 Å². The molecule has 0 aliphatic heterocycles. The minimum Gasteiger partial charge on any atom is -0.324 e. The van der Waals surface area contributed by atoms with Gasteiger partial charge in [0.2, 0.25) is 5.91 Å². The molecule has 0 aliphatic carbocycles. The zero-order valence-corrected chi connectivity index (χ0v) is 19.2. The van der Waals surface area contributed by atoms with Crippen molar-refractivity contribution in [3.8, 4) is 5.69 Å². The molecule has 3 rings (SSSR count). The lowest BCUT2D eigenvalue weighted by Gasteiger charge is -2.17. The standard InChI is InChI=1S/C26H31N3O2/c1-17-10-12-22(13-11-17)29-20(4)14-23(21(29)5)24(30)15-28(6)16-25(31)27-26-18(2)8-7-9-19(26)3/h7-14H,15-16H2,1-6H3,(H,27,31). The molecule has 5 heteroatoms. The van der Waals surface area contributed by atoms with Crippen LogP contribution in [0.4, 0.5) is 5.69 Å². The highest BCUT2D eigenvalue weighted by Gasteiger charge is 2.19. The summed E-state index contributed by atoms with van der Waals surface area (Å²) in [7, 11) is 1.79. The first-order valence-corrected chi connectivity index (χ1v) is 10.5. The lowest BCUT2D eigenvalue weighted by molar-refractivity contribution is -0.116. The zero-order chi connectivity index (χ0) is 22.7. The predicted molar refractivity (Wildman–Crippen MR) is 126 cm³/mol. The van der Waals surface area contributed by atoms with Gasteiger partial charge in [-0.3, -0.25) is 14.5 Å². The number of aryl methyl sites for hydroxylation is 4. The maximum atomic E-state index is 13.0. The van der Waals surface area contributed by atoms with Crippen molar-refractivity contribution in [3.05, 3.63) is 82.2 Å². The first-order valence-electron chi connectivity index (χ1n) is 10.5. The van der Waals surface area contributed by atoms with Gasteiger partial charge < -0.3 is 9.88 Å². The van der Waals surface area contributed by atoms with E-state index in [9.17, 15) is 9.59 Å². The van der Waals surface area contributed by atoms with Crippen LogP contribution < -0.4 is 5.32 Å². The van der Waals surface area contributed by atoms with Crippen molar-refractivity contribution >= 4 is 17.4 Å². The number of nitrogens with zero attached hydrogens (tertiary/aromatic N) is 2. The highest BCUT2D eigenvalue weighted by Crippen LogP contribution is 2.22. The Hall–Kier alpha value is -3.18. The SMILES string of the molecule is Cc1ccc(-n2c(C)cc(C(=O)CN(C)CC(=O)Nc3c(C)cccc3C)c2C)cc1. The van der Waals surface area contributed by atoms with Crippen LogP contribution in [0.5, 0.6) is 0 Å². The van der Waals surface area contributed by atoms with Crippen molar-refractivity contribution in [1.82, 2.24) is 9.47 Å². The molecule has 0 saturated carbocycles. The van der Waals surface area contributed by atoms with Gasteiger partial charge in [-0.1, -0.05) is 35.9 Å². The van der Waals surface area contributed by atoms with Gasteiger partial charge in [0, 0.05) is 28.3 Å². The van der Waals surface area contributed by atoms with E-state index in [0.29, 0.717) is 5.56 Å². The van der Waals surface area contributed by atoms with E-state index in [4.69, 9.17) is 0 Å². The Kier molecular flexibility index (Phi) is 6.76. The minimum absolute atomic E-state index is 0.00818. The van der Waals surface area contributed by atoms with E-state index in [1.54, 1.807) is 11.9 Å².